The number of hydrogen-bond acceptors (Lipinski definition) is 5. The Morgan fingerprint density at radius 2 is 2.11 bits per heavy atom. The van der Waals surface area contributed by atoms with Gasteiger partial charge < -0.3 is 0 Å². The normalized spacial score (nSPS) is 10.8. The Morgan fingerprint density at radius 1 is 1.37 bits per heavy atom. The molecule has 0 saturated heterocycles. The lowest BCUT2D eigenvalue weighted by molar-refractivity contribution is 0.102. The van der Waals surface area contributed by atoms with Gasteiger partial charge in [0.1, 0.15) is 10.2 Å². The van der Waals surface area contributed by atoms with Crippen molar-refractivity contribution in [2.45, 2.75) is 26.7 Å². The van der Waals surface area contributed by atoms with Crippen molar-refractivity contribution in [2.75, 3.05) is 5.32 Å². The largest absolute Gasteiger partial charge is 0.296 e. The van der Waals surface area contributed by atoms with Gasteiger partial charge in [0.25, 0.3) is 5.91 Å². The summed E-state index contributed by atoms with van der Waals surface area (Å²) in [6.45, 7) is 5.82. The molecule has 2 heterocycles. The fraction of sp³-hybridized carbons (Fsp3) is 0.333. The number of anilines is 1. The second kappa shape index (κ2) is 5.63. The number of pyridine rings is 1. The van der Waals surface area contributed by atoms with Crippen molar-refractivity contribution in [1.82, 2.24) is 15.2 Å². The molecule has 0 atom stereocenters. The van der Waals surface area contributed by atoms with Gasteiger partial charge in [0.15, 0.2) is 0 Å². The molecule has 0 unspecified atom stereocenters. The highest BCUT2D eigenvalue weighted by molar-refractivity contribution is 7.15. The molecule has 2 aromatic heterocycles. The minimum Gasteiger partial charge on any atom is -0.296 e. The van der Waals surface area contributed by atoms with E-state index in [1.165, 1.54) is 17.4 Å². The fourth-order valence-electron chi connectivity index (χ4n) is 1.46. The molecule has 2 aromatic rings. The highest BCUT2D eigenvalue weighted by Crippen LogP contribution is 2.20. The number of carbonyl (C=O) groups excluding carboxylic acids is 1. The highest BCUT2D eigenvalue weighted by Gasteiger charge is 2.13. The average Bonchev–Trinajstić information content (AvgIpc) is 2.73. The Bertz CT molecular complexity index is 612. The van der Waals surface area contributed by atoms with E-state index in [1.807, 2.05) is 20.8 Å². The van der Waals surface area contributed by atoms with E-state index in [4.69, 9.17) is 11.6 Å². The van der Waals surface area contributed by atoms with E-state index < -0.39 is 0 Å². The second-order valence-corrected chi connectivity index (χ2v) is 5.91. The molecule has 0 radical (unpaired) electrons. The van der Waals surface area contributed by atoms with E-state index >= 15 is 0 Å². The van der Waals surface area contributed by atoms with Crippen molar-refractivity contribution in [3.05, 3.63) is 33.6 Å². The lowest BCUT2D eigenvalue weighted by Gasteiger charge is -2.07. The van der Waals surface area contributed by atoms with E-state index in [-0.39, 0.29) is 11.8 Å². The van der Waals surface area contributed by atoms with E-state index in [2.05, 4.69) is 20.5 Å². The number of aryl methyl sites for hydroxylation is 1. The maximum absolute atomic E-state index is 12.1. The summed E-state index contributed by atoms with van der Waals surface area (Å²) in [5.74, 6) is -0.0589. The van der Waals surface area contributed by atoms with E-state index in [1.54, 1.807) is 6.07 Å². The smallest absolute Gasteiger partial charge is 0.257 e. The monoisotopic (exact) mass is 296 g/mol. The third kappa shape index (κ3) is 3.48. The molecule has 1 amide bonds. The number of hydrogen-bond donors (Lipinski definition) is 1. The Morgan fingerprint density at radius 3 is 2.68 bits per heavy atom. The number of rotatable bonds is 3. The highest BCUT2D eigenvalue weighted by atomic mass is 35.5. The molecule has 0 aliphatic heterocycles. The quantitative estimate of drug-likeness (QED) is 0.883. The molecule has 7 heteroatoms. The number of nitrogens with zero attached hydrogens (tertiary/aromatic N) is 3. The molecule has 0 saturated carbocycles. The number of carbonyl (C=O) groups is 1. The van der Waals surface area contributed by atoms with Crippen LogP contribution in [0.1, 0.15) is 40.8 Å². The summed E-state index contributed by atoms with van der Waals surface area (Å²) in [4.78, 5) is 16.3. The topological polar surface area (TPSA) is 67.8 Å². The van der Waals surface area contributed by atoms with Gasteiger partial charge in [0, 0.05) is 11.3 Å². The van der Waals surface area contributed by atoms with Crippen molar-refractivity contribution >= 4 is 34.0 Å². The van der Waals surface area contributed by atoms with Crippen LogP contribution in [-0.2, 0) is 0 Å². The van der Waals surface area contributed by atoms with Crippen LogP contribution >= 0.6 is 22.9 Å². The van der Waals surface area contributed by atoms with E-state index in [9.17, 15) is 4.79 Å². The first-order valence-electron chi connectivity index (χ1n) is 5.74. The van der Waals surface area contributed by atoms with Crippen LogP contribution < -0.4 is 5.32 Å². The standard InChI is InChI=1S/C12H13ClN4OS/c1-6(2)9-4-8(5-10(13)14-9)11(18)15-12-17-16-7(3)19-12/h4-6H,1-3H3,(H,15,17,18). The molecule has 2 rings (SSSR count). The summed E-state index contributed by atoms with van der Waals surface area (Å²) in [5.41, 5.74) is 1.25. The molecule has 19 heavy (non-hydrogen) atoms. The zero-order valence-electron chi connectivity index (χ0n) is 10.8. The zero-order chi connectivity index (χ0) is 14.0. The molecule has 100 valence electrons. The van der Waals surface area contributed by atoms with Crippen LogP contribution in [0.25, 0.3) is 0 Å². The Kier molecular flexibility index (Phi) is 4.11. The van der Waals surface area contributed by atoms with Crippen molar-refractivity contribution in [2.24, 2.45) is 0 Å². The fourth-order valence-corrected chi connectivity index (χ4v) is 2.26. The minimum atomic E-state index is -0.262. The van der Waals surface area contributed by atoms with Crippen LogP contribution in [0, 0.1) is 6.92 Å². The first-order chi connectivity index (χ1) is 8.95. The average molecular weight is 297 g/mol. The predicted molar refractivity (Wildman–Crippen MR) is 75.9 cm³/mol. The van der Waals surface area contributed by atoms with Gasteiger partial charge in [0.2, 0.25) is 5.13 Å². The van der Waals surface area contributed by atoms with Crippen LogP contribution in [0.2, 0.25) is 5.15 Å². The number of aromatic nitrogens is 3. The van der Waals surface area contributed by atoms with Crippen LogP contribution in [-0.4, -0.2) is 21.1 Å². The van der Waals surface area contributed by atoms with Gasteiger partial charge >= 0.3 is 0 Å². The van der Waals surface area contributed by atoms with Gasteiger partial charge in [-0.2, -0.15) is 0 Å². The Labute approximate surface area is 120 Å². The van der Waals surface area contributed by atoms with Crippen molar-refractivity contribution in [3.8, 4) is 0 Å². The van der Waals surface area contributed by atoms with Gasteiger partial charge in [-0.3, -0.25) is 10.1 Å². The molecule has 1 N–H and O–H groups in total. The molecule has 0 aliphatic rings. The number of amides is 1. The van der Waals surface area contributed by atoms with Gasteiger partial charge in [-0.25, -0.2) is 4.98 Å². The Balaban J connectivity index is 2.23. The first-order valence-corrected chi connectivity index (χ1v) is 6.94. The summed E-state index contributed by atoms with van der Waals surface area (Å²) in [5, 5.41) is 12.0. The molecule has 0 aliphatic carbocycles. The van der Waals surface area contributed by atoms with Gasteiger partial charge in [-0.1, -0.05) is 36.8 Å². The van der Waals surface area contributed by atoms with Crippen molar-refractivity contribution in [1.29, 1.82) is 0 Å². The maximum Gasteiger partial charge on any atom is 0.257 e. The Hall–Kier alpha value is -1.53. The van der Waals surface area contributed by atoms with Crippen molar-refractivity contribution < 1.29 is 4.79 Å². The molecule has 0 aromatic carbocycles. The lowest BCUT2D eigenvalue weighted by Crippen LogP contribution is -2.13. The second-order valence-electron chi connectivity index (χ2n) is 4.34. The number of nitrogens with one attached hydrogen (secondary N) is 1. The van der Waals surface area contributed by atoms with E-state index in [0.29, 0.717) is 15.8 Å². The summed E-state index contributed by atoms with van der Waals surface area (Å²) in [6.07, 6.45) is 0. The first kappa shape index (κ1) is 13.9. The van der Waals surface area contributed by atoms with Gasteiger partial charge in [0.05, 0.1) is 0 Å². The number of halogens is 1. The van der Waals surface area contributed by atoms with Crippen LogP contribution in [0.4, 0.5) is 5.13 Å². The summed E-state index contributed by atoms with van der Waals surface area (Å²) in [7, 11) is 0. The van der Waals surface area contributed by atoms with Gasteiger partial charge in [-0.15, -0.1) is 10.2 Å². The van der Waals surface area contributed by atoms with Crippen LogP contribution in [0.15, 0.2) is 12.1 Å². The van der Waals surface area contributed by atoms with Gasteiger partial charge in [-0.05, 0) is 25.0 Å². The molecule has 0 spiro atoms. The summed E-state index contributed by atoms with van der Waals surface area (Å²) in [6, 6.07) is 3.27. The summed E-state index contributed by atoms with van der Waals surface area (Å²) >= 11 is 7.25. The minimum absolute atomic E-state index is 0.203. The van der Waals surface area contributed by atoms with Crippen molar-refractivity contribution in [3.63, 3.8) is 0 Å². The van der Waals surface area contributed by atoms with Crippen LogP contribution in [0.5, 0.6) is 0 Å². The third-order valence-electron chi connectivity index (χ3n) is 2.41. The van der Waals surface area contributed by atoms with Crippen LogP contribution in [0.3, 0.4) is 0 Å². The summed E-state index contributed by atoms with van der Waals surface area (Å²) < 4.78 is 0. The SMILES string of the molecule is Cc1nnc(NC(=O)c2cc(Cl)nc(C(C)C)c2)s1. The molecule has 0 bridgehead atoms. The molecular weight excluding hydrogens is 284 g/mol. The zero-order valence-corrected chi connectivity index (χ0v) is 12.3. The predicted octanol–water partition coefficient (Wildman–Crippen LogP) is 3.27. The molecular formula is C12H13ClN4OS. The lowest BCUT2D eigenvalue weighted by atomic mass is 10.1. The third-order valence-corrected chi connectivity index (χ3v) is 3.36. The molecule has 5 nitrogen and oxygen atoms in total. The maximum atomic E-state index is 12.1. The molecule has 0 fully saturated rings. The van der Waals surface area contributed by atoms with E-state index in [0.717, 1.165) is 10.7 Å².